The van der Waals surface area contributed by atoms with Crippen molar-refractivity contribution in [3.63, 3.8) is 0 Å². The highest BCUT2D eigenvalue weighted by atomic mass is 16.6. The van der Waals surface area contributed by atoms with Crippen LogP contribution in [0.5, 0.6) is 0 Å². The first-order chi connectivity index (χ1) is 13.3. The molecule has 0 unspecified atom stereocenters. The van der Waals surface area contributed by atoms with Gasteiger partial charge in [-0.3, -0.25) is 9.59 Å². The standard InChI is InChI=1S/C20H33N3O6/c1-19(2,3)29-18(27)22-13-10-20(4,5)11-23(16(13)25)14(17(26)28-6)9-12-7-8-21-15(12)24/h12-14H,7-11H2,1-6H3,(H,21,24)(H,22,27)/t12-,13-,14-/m0/s1. The van der Waals surface area contributed by atoms with Crippen LogP contribution in [0.25, 0.3) is 0 Å². The summed E-state index contributed by atoms with van der Waals surface area (Å²) in [6.45, 7) is 10.0. The van der Waals surface area contributed by atoms with Crippen molar-refractivity contribution >= 4 is 23.9 Å². The largest absolute Gasteiger partial charge is 0.467 e. The van der Waals surface area contributed by atoms with Gasteiger partial charge >= 0.3 is 12.1 Å². The van der Waals surface area contributed by atoms with Crippen LogP contribution in [-0.2, 0) is 23.9 Å². The Morgan fingerprint density at radius 1 is 1.31 bits per heavy atom. The van der Waals surface area contributed by atoms with Crippen molar-refractivity contribution in [2.45, 2.75) is 71.6 Å². The van der Waals surface area contributed by atoms with Gasteiger partial charge in [0, 0.05) is 19.0 Å². The molecule has 2 fully saturated rings. The van der Waals surface area contributed by atoms with Crippen molar-refractivity contribution in [2.75, 3.05) is 20.2 Å². The molecule has 2 aliphatic heterocycles. The van der Waals surface area contributed by atoms with Crippen LogP contribution in [-0.4, -0.2) is 66.7 Å². The monoisotopic (exact) mass is 411 g/mol. The molecule has 164 valence electrons. The average Bonchev–Trinajstić information content (AvgIpc) is 2.98. The number of alkyl carbamates (subject to hydrolysis) is 1. The highest BCUT2D eigenvalue weighted by Gasteiger charge is 2.46. The van der Waals surface area contributed by atoms with Crippen molar-refractivity contribution in [2.24, 2.45) is 11.3 Å². The zero-order valence-electron chi connectivity index (χ0n) is 18.2. The number of piperidine rings is 1. The van der Waals surface area contributed by atoms with Crippen molar-refractivity contribution in [3.05, 3.63) is 0 Å². The Morgan fingerprint density at radius 2 is 1.97 bits per heavy atom. The molecule has 3 amide bonds. The summed E-state index contributed by atoms with van der Waals surface area (Å²) in [5.41, 5.74) is -1.04. The number of ether oxygens (including phenoxy) is 2. The molecule has 0 radical (unpaired) electrons. The molecule has 0 aromatic heterocycles. The highest BCUT2D eigenvalue weighted by Crippen LogP contribution is 2.33. The number of nitrogens with one attached hydrogen (secondary N) is 2. The molecule has 0 bridgehead atoms. The van der Waals surface area contributed by atoms with E-state index < -0.39 is 29.7 Å². The molecule has 0 aromatic rings. The van der Waals surface area contributed by atoms with Crippen molar-refractivity contribution < 1.29 is 28.7 Å². The van der Waals surface area contributed by atoms with E-state index in [1.165, 1.54) is 12.0 Å². The van der Waals surface area contributed by atoms with Crippen molar-refractivity contribution in [3.8, 4) is 0 Å². The Balaban J connectivity index is 2.22. The van der Waals surface area contributed by atoms with Gasteiger partial charge in [-0.25, -0.2) is 9.59 Å². The number of nitrogens with zero attached hydrogens (tertiary/aromatic N) is 1. The van der Waals surface area contributed by atoms with Crippen LogP contribution in [0.1, 0.15) is 53.9 Å². The summed E-state index contributed by atoms with van der Waals surface area (Å²) < 4.78 is 10.2. The van der Waals surface area contributed by atoms with E-state index in [1.54, 1.807) is 20.8 Å². The van der Waals surface area contributed by atoms with E-state index in [0.29, 0.717) is 25.9 Å². The van der Waals surface area contributed by atoms with Gasteiger partial charge in [-0.1, -0.05) is 13.8 Å². The van der Waals surface area contributed by atoms with E-state index in [2.05, 4.69) is 10.6 Å². The lowest BCUT2D eigenvalue weighted by atomic mass is 9.80. The number of carbonyl (C=O) groups excluding carboxylic acids is 4. The Morgan fingerprint density at radius 3 is 2.48 bits per heavy atom. The predicted octanol–water partition coefficient (Wildman–Crippen LogP) is 1.21. The minimum Gasteiger partial charge on any atom is -0.467 e. The van der Waals surface area contributed by atoms with Gasteiger partial charge < -0.3 is 25.0 Å². The first-order valence-electron chi connectivity index (χ1n) is 9.98. The molecular formula is C20H33N3O6. The number of methoxy groups -OCH3 is 1. The maximum atomic E-state index is 13.2. The fourth-order valence-corrected chi connectivity index (χ4v) is 3.90. The van der Waals surface area contributed by atoms with E-state index in [9.17, 15) is 19.2 Å². The second-order valence-electron chi connectivity index (χ2n) is 9.58. The number of hydrogen-bond donors (Lipinski definition) is 2. The molecule has 0 spiro atoms. The minimum atomic E-state index is -0.885. The minimum absolute atomic E-state index is 0.119. The van der Waals surface area contributed by atoms with Crippen LogP contribution >= 0.6 is 0 Å². The van der Waals surface area contributed by atoms with Crippen LogP contribution in [0.2, 0.25) is 0 Å². The summed E-state index contributed by atoms with van der Waals surface area (Å²) in [6, 6.07) is -1.71. The second kappa shape index (κ2) is 8.59. The first-order valence-corrected chi connectivity index (χ1v) is 9.98. The quantitative estimate of drug-likeness (QED) is 0.657. The summed E-state index contributed by atoms with van der Waals surface area (Å²) >= 11 is 0. The Labute approximate surface area is 171 Å². The zero-order chi connectivity index (χ0) is 22.0. The molecular weight excluding hydrogens is 378 g/mol. The van der Waals surface area contributed by atoms with E-state index >= 15 is 0 Å². The van der Waals surface area contributed by atoms with E-state index in [4.69, 9.17) is 9.47 Å². The van der Waals surface area contributed by atoms with Gasteiger partial charge in [0.15, 0.2) is 0 Å². The number of likely N-dealkylation sites (tertiary alicyclic amines) is 1. The van der Waals surface area contributed by atoms with E-state index in [0.717, 1.165) is 0 Å². The SMILES string of the molecule is COC(=O)[C@H](C[C@@H]1CCNC1=O)N1CC(C)(C)C[C@H](NC(=O)OC(C)(C)C)C1=O. The van der Waals surface area contributed by atoms with Gasteiger partial charge in [-0.05, 0) is 45.4 Å². The summed E-state index contributed by atoms with van der Waals surface area (Å²) in [4.78, 5) is 51.4. The van der Waals surface area contributed by atoms with Crippen LogP contribution in [0, 0.1) is 11.3 Å². The van der Waals surface area contributed by atoms with Crippen LogP contribution in [0.3, 0.4) is 0 Å². The summed E-state index contributed by atoms with van der Waals surface area (Å²) in [6.07, 6.45) is 0.536. The fraction of sp³-hybridized carbons (Fsp3) is 0.800. The molecule has 3 atom stereocenters. The lowest BCUT2D eigenvalue weighted by Gasteiger charge is -2.44. The van der Waals surface area contributed by atoms with Gasteiger partial charge in [-0.15, -0.1) is 0 Å². The zero-order valence-corrected chi connectivity index (χ0v) is 18.2. The van der Waals surface area contributed by atoms with Gasteiger partial charge in [0.1, 0.15) is 17.7 Å². The van der Waals surface area contributed by atoms with Crippen molar-refractivity contribution in [1.29, 1.82) is 0 Å². The number of esters is 1. The second-order valence-corrected chi connectivity index (χ2v) is 9.58. The molecule has 29 heavy (non-hydrogen) atoms. The number of carbonyl (C=O) groups is 4. The molecule has 9 heteroatoms. The Hall–Kier alpha value is -2.32. The van der Waals surface area contributed by atoms with Gasteiger partial charge in [0.25, 0.3) is 0 Å². The highest BCUT2D eigenvalue weighted by molar-refractivity contribution is 5.91. The Bertz CT molecular complexity index is 670. The fourth-order valence-electron chi connectivity index (χ4n) is 3.90. The van der Waals surface area contributed by atoms with Crippen LogP contribution in [0.4, 0.5) is 4.79 Å². The molecule has 0 saturated carbocycles. The third kappa shape index (κ3) is 6.08. The first kappa shape index (κ1) is 23.0. The summed E-state index contributed by atoms with van der Waals surface area (Å²) in [5.74, 6) is -1.41. The maximum Gasteiger partial charge on any atom is 0.408 e. The van der Waals surface area contributed by atoms with Crippen LogP contribution in [0.15, 0.2) is 0 Å². The predicted molar refractivity (Wildman–Crippen MR) is 105 cm³/mol. The molecule has 2 rings (SSSR count). The van der Waals surface area contributed by atoms with Crippen LogP contribution < -0.4 is 10.6 Å². The third-order valence-corrected chi connectivity index (χ3v) is 5.15. The van der Waals surface area contributed by atoms with E-state index in [1.807, 2.05) is 13.8 Å². The van der Waals surface area contributed by atoms with Gasteiger partial charge in [0.2, 0.25) is 11.8 Å². The lowest BCUT2D eigenvalue weighted by Crippen LogP contribution is -2.62. The topological polar surface area (TPSA) is 114 Å². The molecule has 2 saturated heterocycles. The number of hydrogen-bond acceptors (Lipinski definition) is 6. The smallest absolute Gasteiger partial charge is 0.408 e. The molecule has 2 aliphatic rings. The maximum absolute atomic E-state index is 13.2. The van der Waals surface area contributed by atoms with Gasteiger partial charge in [-0.2, -0.15) is 0 Å². The molecule has 2 heterocycles. The summed E-state index contributed by atoms with van der Waals surface area (Å²) in [5, 5.41) is 5.39. The normalized spacial score (nSPS) is 25.2. The Kier molecular flexibility index (Phi) is 6.80. The molecule has 2 N–H and O–H groups in total. The van der Waals surface area contributed by atoms with Crippen molar-refractivity contribution in [1.82, 2.24) is 15.5 Å². The third-order valence-electron chi connectivity index (χ3n) is 5.15. The molecule has 0 aliphatic carbocycles. The summed E-state index contributed by atoms with van der Waals surface area (Å²) in [7, 11) is 1.26. The van der Waals surface area contributed by atoms with Gasteiger partial charge in [0.05, 0.1) is 7.11 Å². The number of rotatable bonds is 5. The van der Waals surface area contributed by atoms with E-state index in [-0.39, 0.29) is 29.6 Å². The number of amides is 3. The average molecular weight is 411 g/mol. The molecule has 0 aromatic carbocycles. The lowest BCUT2D eigenvalue weighted by molar-refractivity contribution is -0.159. The molecule has 9 nitrogen and oxygen atoms in total.